The standard InChI is InChI=1S/C33H30N2O5S2/c1-5-19-40-30-23(13-10-14-25(30)38-3)20-26-31(36)35-29(22-15-17-24(41-4)18-16-22)27(32(37)39-6-2)28(34-33(35)42-26)21-11-8-7-9-12-21/h5,7-18,20,29H,1,6,19H2,2-4H3/b26-20-/t29-/m1/s1. The molecule has 0 spiro atoms. The lowest BCUT2D eigenvalue weighted by atomic mass is 9.93. The van der Waals surface area contributed by atoms with E-state index in [0.29, 0.717) is 37.7 Å². The molecule has 0 radical (unpaired) electrons. The third-order valence-electron chi connectivity index (χ3n) is 6.67. The van der Waals surface area contributed by atoms with E-state index in [1.807, 2.05) is 73.0 Å². The average molecular weight is 599 g/mol. The van der Waals surface area contributed by atoms with Crippen molar-refractivity contribution in [3.63, 3.8) is 0 Å². The van der Waals surface area contributed by atoms with Crippen LogP contribution >= 0.6 is 23.1 Å². The molecule has 0 amide bonds. The Labute approximate surface area is 252 Å². The molecule has 1 aromatic heterocycles. The number of carbonyl (C=O) groups excluding carboxylic acids is 1. The highest BCUT2D eigenvalue weighted by Crippen LogP contribution is 2.36. The summed E-state index contributed by atoms with van der Waals surface area (Å²) in [4.78, 5) is 34.3. The van der Waals surface area contributed by atoms with Crippen molar-refractivity contribution in [2.75, 3.05) is 26.6 Å². The van der Waals surface area contributed by atoms with Crippen LogP contribution in [0.4, 0.5) is 0 Å². The minimum atomic E-state index is -0.740. The topological polar surface area (TPSA) is 79.1 Å². The number of ether oxygens (including phenoxy) is 3. The fraction of sp³-hybridized carbons (Fsp3) is 0.182. The van der Waals surface area contributed by atoms with Crippen LogP contribution in [0.5, 0.6) is 11.5 Å². The van der Waals surface area contributed by atoms with E-state index < -0.39 is 12.0 Å². The van der Waals surface area contributed by atoms with Crippen molar-refractivity contribution in [1.29, 1.82) is 0 Å². The first-order valence-corrected chi connectivity index (χ1v) is 15.4. The Morgan fingerprint density at radius 2 is 1.86 bits per heavy atom. The summed E-state index contributed by atoms with van der Waals surface area (Å²) < 4.78 is 19.0. The molecule has 0 saturated heterocycles. The van der Waals surface area contributed by atoms with Crippen molar-refractivity contribution < 1.29 is 19.0 Å². The maximum atomic E-state index is 14.2. The third kappa shape index (κ3) is 5.70. The molecule has 0 saturated carbocycles. The number of para-hydroxylation sites is 1. The van der Waals surface area contributed by atoms with Gasteiger partial charge in [0.25, 0.3) is 5.56 Å². The number of hydrogen-bond acceptors (Lipinski definition) is 8. The maximum absolute atomic E-state index is 14.2. The number of aromatic nitrogens is 1. The van der Waals surface area contributed by atoms with Gasteiger partial charge in [-0.05, 0) is 43.0 Å². The summed E-state index contributed by atoms with van der Waals surface area (Å²) in [5, 5.41) is 0. The molecule has 1 aliphatic rings. The molecule has 9 heteroatoms. The summed E-state index contributed by atoms with van der Waals surface area (Å²) in [5.74, 6) is 0.537. The second kappa shape index (κ2) is 13.1. The number of benzene rings is 3. The Hall–Kier alpha value is -4.34. The number of methoxy groups -OCH3 is 1. The Balaban J connectivity index is 1.80. The van der Waals surface area contributed by atoms with Gasteiger partial charge >= 0.3 is 5.97 Å². The van der Waals surface area contributed by atoms with E-state index in [1.54, 1.807) is 48.6 Å². The summed E-state index contributed by atoms with van der Waals surface area (Å²) in [5.41, 5.74) is 2.74. The molecular weight excluding hydrogens is 569 g/mol. The summed E-state index contributed by atoms with van der Waals surface area (Å²) in [7, 11) is 1.57. The van der Waals surface area contributed by atoms with Crippen molar-refractivity contribution in [3.8, 4) is 11.5 Å². The van der Waals surface area contributed by atoms with Crippen LogP contribution in [0.1, 0.15) is 29.7 Å². The van der Waals surface area contributed by atoms with Crippen molar-refractivity contribution in [3.05, 3.63) is 127 Å². The molecule has 1 aliphatic heterocycles. The largest absolute Gasteiger partial charge is 0.493 e. The van der Waals surface area contributed by atoms with Crippen LogP contribution < -0.4 is 24.4 Å². The van der Waals surface area contributed by atoms with Gasteiger partial charge in [-0.25, -0.2) is 9.79 Å². The fourth-order valence-electron chi connectivity index (χ4n) is 4.79. The molecule has 1 atom stereocenters. The number of carbonyl (C=O) groups is 1. The van der Waals surface area contributed by atoms with Gasteiger partial charge in [0.15, 0.2) is 16.3 Å². The zero-order valence-electron chi connectivity index (χ0n) is 23.5. The Morgan fingerprint density at radius 3 is 2.52 bits per heavy atom. The SMILES string of the molecule is C=CCOc1c(/C=c2\sc3n(c2=O)[C@H](c2ccc(SC)cc2)C(C(=O)OCC)=C(c2ccccc2)N=3)cccc1OC. The Kier molecular flexibility index (Phi) is 9.09. The van der Waals surface area contributed by atoms with Crippen molar-refractivity contribution >= 4 is 40.8 Å². The van der Waals surface area contributed by atoms with Crippen LogP contribution in [0, 0.1) is 0 Å². The van der Waals surface area contributed by atoms with Gasteiger partial charge < -0.3 is 14.2 Å². The lowest BCUT2D eigenvalue weighted by Crippen LogP contribution is -2.40. The van der Waals surface area contributed by atoms with Crippen LogP contribution in [0.15, 0.2) is 106 Å². The highest BCUT2D eigenvalue weighted by atomic mass is 32.2. The molecule has 0 unspecified atom stereocenters. The number of nitrogens with zero attached hydrogens (tertiary/aromatic N) is 2. The van der Waals surface area contributed by atoms with Gasteiger partial charge in [0.1, 0.15) is 6.61 Å². The predicted octanol–water partition coefficient (Wildman–Crippen LogP) is 5.23. The number of esters is 1. The summed E-state index contributed by atoms with van der Waals surface area (Å²) >= 11 is 2.87. The smallest absolute Gasteiger partial charge is 0.338 e. The minimum absolute atomic E-state index is 0.191. The molecular formula is C33H30N2O5S2. The van der Waals surface area contributed by atoms with Crippen LogP contribution in [0.25, 0.3) is 11.8 Å². The van der Waals surface area contributed by atoms with Crippen molar-refractivity contribution in [2.45, 2.75) is 17.9 Å². The zero-order chi connectivity index (χ0) is 29.6. The molecule has 42 heavy (non-hydrogen) atoms. The van der Waals surface area contributed by atoms with Gasteiger partial charge in [0.05, 0.1) is 35.6 Å². The zero-order valence-corrected chi connectivity index (χ0v) is 25.2. The van der Waals surface area contributed by atoms with Crippen LogP contribution in [-0.4, -0.2) is 37.1 Å². The maximum Gasteiger partial charge on any atom is 0.338 e. The van der Waals surface area contributed by atoms with E-state index in [9.17, 15) is 9.59 Å². The highest BCUT2D eigenvalue weighted by Gasteiger charge is 2.35. The van der Waals surface area contributed by atoms with E-state index in [4.69, 9.17) is 19.2 Å². The Morgan fingerprint density at radius 1 is 1.10 bits per heavy atom. The molecule has 214 valence electrons. The second-order valence-corrected chi connectivity index (χ2v) is 11.1. The first-order chi connectivity index (χ1) is 20.5. The summed E-state index contributed by atoms with van der Waals surface area (Å²) in [6, 6.07) is 22.1. The van der Waals surface area contributed by atoms with Gasteiger partial charge in [0, 0.05) is 16.0 Å². The minimum Gasteiger partial charge on any atom is -0.493 e. The predicted molar refractivity (Wildman–Crippen MR) is 168 cm³/mol. The van der Waals surface area contributed by atoms with Gasteiger partial charge in [-0.15, -0.1) is 11.8 Å². The van der Waals surface area contributed by atoms with E-state index in [2.05, 4.69) is 6.58 Å². The van der Waals surface area contributed by atoms with Gasteiger partial charge in [-0.3, -0.25) is 9.36 Å². The van der Waals surface area contributed by atoms with Crippen LogP contribution in [0.3, 0.4) is 0 Å². The molecule has 5 rings (SSSR count). The molecule has 4 aromatic rings. The van der Waals surface area contributed by atoms with Gasteiger partial charge in [-0.1, -0.05) is 78.6 Å². The van der Waals surface area contributed by atoms with E-state index >= 15 is 0 Å². The molecule has 7 nitrogen and oxygen atoms in total. The Bertz CT molecular complexity index is 1820. The summed E-state index contributed by atoms with van der Waals surface area (Å²) in [6.45, 7) is 5.96. The van der Waals surface area contributed by atoms with Crippen LogP contribution in [-0.2, 0) is 9.53 Å². The number of thiazole rings is 1. The normalized spacial score (nSPS) is 14.6. The lowest BCUT2D eigenvalue weighted by molar-refractivity contribution is -0.138. The summed E-state index contributed by atoms with van der Waals surface area (Å²) in [6.07, 6.45) is 5.42. The second-order valence-electron chi connectivity index (χ2n) is 9.18. The number of fused-ring (bicyclic) bond motifs is 1. The van der Waals surface area contributed by atoms with Crippen LogP contribution in [0.2, 0.25) is 0 Å². The number of hydrogen-bond donors (Lipinski definition) is 0. The monoisotopic (exact) mass is 598 g/mol. The molecule has 0 aliphatic carbocycles. The molecule has 0 fully saturated rings. The molecule has 3 aromatic carbocycles. The number of thioether (sulfide) groups is 1. The molecule has 0 N–H and O–H groups in total. The fourth-order valence-corrected chi connectivity index (χ4v) is 6.19. The van der Waals surface area contributed by atoms with Crippen molar-refractivity contribution in [1.82, 2.24) is 4.57 Å². The molecule has 0 bridgehead atoms. The van der Waals surface area contributed by atoms with E-state index in [0.717, 1.165) is 16.0 Å². The third-order valence-corrected chi connectivity index (χ3v) is 8.39. The number of rotatable bonds is 10. The first kappa shape index (κ1) is 29.2. The molecule has 2 heterocycles. The quantitative estimate of drug-likeness (QED) is 0.141. The first-order valence-electron chi connectivity index (χ1n) is 13.3. The highest BCUT2D eigenvalue weighted by molar-refractivity contribution is 7.98. The van der Waals surface area contributed by atoms with E-state index in [1.165, 1.54) is 11.3 Å². The van der Waals surface area contributed by atoms with E-state index in [-0.39, 0.29) is 18.8 Å². The van der Waals surface area contributed by atoms with Gasteiger partial charge in [0.2, 0.25) is 0 Å². The average Bonchev–Trinajstić information content (AvgIpc) is 3.34. The van der Waals surface area contributed by atoms with Gasteiger partial charge in [-0.2, -0.15) is 0 Å². The van der Waals surface area contributed by atoms with Crippen molar-refractivity contribution in [2.24, 2.45) is 4.99 Å². The lowest BCUT2D eigenvalue weighted by Gasteiger charge is -2.26.